The second-order valence-corrected chi connectivity index (χ2v) is 7.79. The second kappa shape index (κ2) is 8.60. The van der Waals surface area contributed by atoms with Crippen LogP contribution in [0.1, 0.15) is 35.8 Å². The Morgan fingerprint density at radius 3 is 2.68 bits per heavy atom. The van der Waals surface area contributed by atoms with Gasteiger partial charge in [0.1, 0.15) is 5.75 Å². The molecule has 0 bridgehead atoms. The van der Waals surface area contributed by atoms with Crippen LogP contribution in [0, 0.1) is 0 Å². The van der Waals surface area contributed by atoms with E-state index >= 15 is 0 Å². The molecule has 0 spiro atoms. The molecule has 6 nitrogen and oxygen atoms in total. The molecule has 1 aliphatic heterocycles. The summed E-state index contributed by atoms with van der Waals surface area (Å²) in [5.74, 6) is 1.54. The Morgan fingerprint density at radius 1 is 0.968 bits per heavy atom. The van der Waals surface area contributed by atoms with Crippen LogP contribution in [0.3, 0.4) is 0 Å². The lowest BCUT2D eigenvalue weighted by molar-refractivity contribution is -0.134. The summed E-state index contributed by atoms with van der Waals surface area (Å²) in [7, 11) is 0. The van der Waals surface area contributed by atoms with Crippen molar-refractivity contribution in [2.75, 3.05) is 13.2 Å². The highest BCUT2D eigenvalue weighted by molar-refractivity contribution is 5.78. The molecular weight excluding hydrogens is 388 g/mol. The summed E-state index contributed by atoms with van der Waals surface area (Å²) in [5.41, 5.74) is 3.08. The number of fused-ring (bicyclic) bond motifs is 1. The monoisotopic (exact) mass is 412 g/mol. The zero-order chi connectivity index (χ0) is 21.0. The van der Waals surface area contributed by atoms with Gasteiger partial charge < -0.3 is 9.64 Å². The van der Waals surface area contributed by atoms with Crippen molar-refractivity contribution in [1.29, 1.82) is 0 Å². The van der Waals surface area contributed by atoms with Crippen molar-refractivity contribution in [3.05, 3.63) is 95.9 Å². The average Bonchev–Trinajstić information content (AvgIpc) is 3.46. The van der Waals surface area contributed by atoms with Crippen molar-refractivity contribution in [1.82, 2.24) is 19.5 Å². The first kappa shape index (κ1) is 19.3. The number of likely N-dealkylation sites (tertiary alicyclic amines) is 1. The average molecular weight is 412 g/mol. The first-order valence-electron chi connectivity index (χ1n) is 10.6. The Hall–Kier alpha value is -3.67. The minimum Gasteiger partial charge on any atom is -0.483 e. The molecule has 6 heteroatoms. The third-order valence-corrected chi connectivity index (χ3v) is 5.77. The fraction of sp³-hybridized carbons (Fsp3) is 0.240. The van der Waals surface area contributed by atoms with Crippen LogP contribution in [0.25, 0.3) is 5.65 Å². The molecular formula is C25H24N4O2. The summed E-state index contributed by atoms with van der Waals surface area (Å²) in [6.07, 6.45) is 4.54. The first-order chi connectivity index (χ1) is 15.3. The van der Waals surface area contributed by atoms with Crippen molar-refractivity contribution >= 4 is 11.6 Å². The van der Waals surface area contributed by atoms with Crippen LogP contribution in [-0.2, 0) is 11.2 Å². The molecule has 0 radical (unpaired) electrons. The number of carbonyl (C=O) groups excluding carboxylic acids is 1. The van der Waals surface area contributed by atoms with Gasteiger partial charge in [-0.1, -0.05) is 54.6 Å². The molecule has 2 aromatic carbocycles. The summed E-state index contributed by atoms with van der Waals surface area (Å²) in [6.45, 7) is 0.722. The maximum atomic E-state index is 13.1. The van der Waals surface area contributed by atoms with Crippen molar-refractivity contribution < 1.29 is 9.53 Å². The van der Waals surface area contributed by atoms with E-state index in [2.05, 4.69) is 22.3 Å². The molecule has 1 fully saturated rings. The number of carbonyl (C=O) groups is 1. The van der Waals surface area contributed by atoms with E-state index in [1.807, 2.05) is 76.2 Å². The van der Waals surface area contributed by atoms with Gasteiger partial charge in [0, 0.05) is 19.2 Å². The predicted molar refractivity (Wildman–Crippen MR) is 118 cm³/mol. The van der Waals surface area contributed by atoms with Gasteiger partial charge in [-0.15, -0.1) is 10.2 Å². The van der Waals surface area contributed by atoms with E-state index in [1.165, 1.54) is 5.56 Å². The standard InChI is InChI=1S/C25H24N4O2/c30-24(18-31-22-13-5-4-11-20(22)17-19-9-2-1-3-10-19)28-16-8-12-21(28)25-27-26-23-14-6-7-15-29(23)25/h1-7,9-11,13-15,21H,8,12,16-18H2/t21-/m0/s1. The number of pyridine rings is 1. The molecule has 4 aromatic rings. The van der Waals surface area contributed by atoms with Gasteiger partial charge in [0.2, 0.25) is 0 Å². The Labute approximate surface area is 181 Å². The number of para-hydroxylation sites is 1. The third-order valence-electron chi connectivity index (χ3n) is 5.77. The number of amides is 1. The first-order valence-corrected chi connectivity index (χ1v) is 10.6. The largest absolute Gasteiger partial charge is 0.483 e. The van der Waals surface area contributed by atoms with E-state index in [0.717, 1.165) is 42.0 Å². The van der Waals surface area contributed by atoms with Gasteiger partial charge in [-0.3, -0.25) is 9.20 Å². The molecule has 5 rings (SSSR count). The zero-order valence-electron chi connectivity index (χ0n) is 17.2. The lowest BCUT2D eigenvalue weighted by atomic mass is 10.0. The topological polar surface area (TPSA) is 59.7 Å². The summed E-state index contributed by atoms with van der Waals surface area (Å²) in [5, 5.41) is 8.61. The van der Waals surface area contributed by atoms with E-state index in [4.69, 9.17) is 4.74 Å². The van der Waals surface area contributed by atoms with Gasteiger partial charge >= 0.3 is 0 Å². The summed E-state index contributed by atoms with van der Waals surface area (Å²) < 4.78 is 7.97. The quantitative estimate of drug-likeness (QED) is 0.479. The lowest BCUT2D eigenvalue weighted by Crippen LogP contribution is -2.35. The van der Waals surface area contributed by atoms with E-state index < -0.39 is 0 Å². The molecule has 1 aliphatic rings. The molecule has 31 heavy (non-hydrogen) atoms. The number of hydrogen-bond acceptors (Lipinski definition) is 4. The zero-order valence-corrected chi connectivity index (χ0v) is 17.2. The van der Waals surface area contributed by atoms with Gasteiger partial charge in [-0.05, 0) is 42.2 Å². The van der Waals surface area contributed by atoms with E-state index in [-0.39, 0.29) is 18.6 Å². The third kappa shape index (κ3) is 4.01. The smallest absolute Gasteiger partial charge is 0.261 e. The normalized spacial score (nSPS) is 16.0. The van der Waals surface area contributed by atoms with Crippen molar-refractivity contribution in [3.63, 3.8) is 0 Å². The SMILES string of the molecule is O=C(COc1ccccc1Cc1ccccc1)N1CCC[C@H]1c1nnc2ccccn12. The lowest BCUT2D eigenvalue weighted by Gasteiger charge is -2.24. The Bertz CT molecular complexity index is 1190. The van der Waals surface area contributed by atoms with Crippen LogP contribution in [0.15, 0.2) is 79.0 Å². The number of hydrogen-bond donors (Lipinski definition) is 0. The van der Waals surface area contributed by atoms with Gasteiger partial charge in [0.25, 0.3) is 5.91 Å². The van der Waals surface area contributed by atoms with Crippen LogP contribution >= 0.6 is 0 Å². The highest BCUT2D eigenvalue weighted by atomic mass is 16.5. The highest BCUT2D eigenvalue weighted by Gasteiger charge is 2.33. The Balaban J connectivity index is 1.30. The number of benzene rings is 2. The minimum absolute atomic E-state index is 0.0129. The van der Waals surface area contributed by atoms with Crippen molar-refractivity contribution in [2.24, 2.45) is 0 Å². The minimum atomic E-state index is -0.0759. The molecule has 2 aromatic heterocycles. The number of nitrogens with zero attached hydrogens (tertiary/aromatic N) is 4. The van der Waals surface area contributed by atoms with Crippen LogP contribution in [0.2, 0.25) is 0 Å². The van der Waals surface area contributed by atoms with E-state index in [1.54, 1.807) is 0 Å². The molecule has 156 valence electrons. The molecule has 0 saturated carbocycles. The summed E-state index contributed by atoms with van der Waals surface area (Å²) >= 11 is 0. The highest BCUT2D eigenvalue weighted by Crippen LogP contribution is 2.31. The molecule has 1 atom stereocenters. The summed E-state index contributed by atoms with van der Waals surface area (Å²) in [4.78, 5) is 15.0. The number of ether oxygens (including phenoxy) is 1. The molecule has 1 saturated heterocycles. The summed E-state index contributed by atoms with van der Waals surface area (Å²) in [6, 6.07) is 23.9. The van der Waals surface area contributed by atoms with Gasteiger partial charge in [0.05, 0.1) is 6.04 Å². The van der Waals surface area contributed by atoms with Crippen LogP contribution in [-0.4, -0.2) is 38.6 Å². The van der Waals surface area contributed by atoms with E-state index in [9.17, 15) is 4.79 Å². The van der Waals surface area contributed by atoms with Crippen LogP contribution in [0.5, 0.6) is 5.75 Å². The number of rotatable bonds is 6. The molecule has 0 aliphatic carbocycles. The van der Waals surface area contributed by atoms with Gasteiger partial charge in [0.15, 0.2) is 18.1 Å². The second-order valence-electron chi connectivity index (χ2n) is 7.79. The van der Waals surface area contributed by atoms with Gasteiger partial charge in [-0.25, -0.2) is 0 Å². The molecule has 0 N–H and O–H groups in total. The Morgan fingerprint density at radius 2 is 1.77 bits per heavy atom. The van der Waals surface area contributed by atoms with Gasteiger partial charge in [-0.2, -0.15) is 0 Å². The van der Waals surface area contributed by atoms with Crippen molar-refractivity contribution in [3.8, 4) is 5.75 Å². The van der Waals surface area contributed by atoms with Crippen LogP contribution in [0.4, 0.5) is 0 Å². The number of aromatic nitrogens is 3. The van der Waals surface area contributed by atoms with Crippen molar-refractivity contribution in [2.45, 2.75) is 25.3 Å². The fourth-order valence-corrected chi connectivity index (χ4v) is 4.25. The Kier molecular flexibility index (Phi) is 5.35. The van der Waals surface area contributed by atoms with Crippen LogP contribution < -0.4 is 4.74 Å². The maximum absolute atomic E-state index is 13.1. The maximum Gasteiger partial charge on any atom is 0.261 e. The molecule has 1 amide bonds. The van der Waals surface area contributed by atoms with E-state index in [0.29, 0.717) is 6.54 Å². The molecule has 0 unspecified atom stereocenters. The fourth-order valence-electron chi connectivity index (χ4n) is 4.25. The predicted octanol–water partition coefficient (Wildman–Crippen LogP) is 4.06. The molecule has 3 heterocycles.